The van der Waals surface area contributed by atoms with Crippen LogP contribution in [0.2, 0.25) is 0 Å². The van der Waals surface area contributed by atoms with Crippen LogP contribution in [0.5, 0.6) is 0 Å². The summed E-state index contributed by atoms with van der Waals surface area (Å²) in [5.74, 6) is 0.679. The lowest BCUT2D eigenvalue weighted by Gasteiger charge is -2.05. The van der Waals surface area contributed by atoms with Gasteiger partial charge in [-0.05, 0) is 37.3 Å². The summed E-state index contributed by atoms with van der Waals surface area (Å²) in [5, 5.41) is 10.8. The molecule has 1 N–H and O–H groups in total. The second-order valence-electron chi connectivity index (χ2n) is 4.17. The number of halogens is 1. The topological polar surface area (TPSA) is 46.5 Å². The molecule has 0 aliphatic carbocycles. The number of rotatable bonds is 2. The van der Waals surface area contributed by atoms with Crippen molar-refractivity contribution in [3.05, 3.63) is 59.5 Å². The van der Waals surface area contributed by atoms with Crippen LogP contribution in [-0.4, -0.2) is 5.11 Å². The minimum atomic E-state index is -0.904. The minimum Gasteiger partial charge on any atom is -0.469 e. The number of aliphatic hydroxyl groups is 1. The Balaban J connectivity index is 2.07. The second-order valence-corrected chi connectivity index (χ2v) is 4.17. The Labute approximate surface area is 102 Å². The number of hydrogen-bond donors (Lipinski definition) is 1. The van der Waals surface area contributed by atoms with Crippen LogP contribution in [0.3, 0.4) is 0 Å². The van der Waals surface area contributed by atoms with Gasteiger partial charge >= 0.3 is 0 Å². The largest absolute Gasteiger partial charge is 0.469 e. The van der Waals surface area contributed by atoms with Gasteiger partial charge in [0.05, 0.1) is 6.26 Å². The molecule has 4 heteroatoms. The Morgan fingerprint density at radius 2 is 2.06 bits per heavy atom. The van der Waals surface area contributed by atoms with Crippen molar-refractivity contribution in [2.45, 2.75) is 13.0 Å². The van der Waals surface area contributed by atoms with Crippen molar-refractivity contribution >= 4 is 11.0 Å². The highest BCUT2D eigenvalue weighted by atomic mass is 19.1. The lowest BCUT2D eigenvalue weighted by Crippen LogP contribution is -1.97. The highest BCUT2D eigenvalue weighted by Gasteiger charge is 2.19. The molecule has 0 radical (unpaired) electrons. The normalized spacial score (nSPS) is 13.1. The molecule has 3 nitrogen and oxygen atoms in total. The van der Waals surface area contributed by atoms with Crippen LogP contribution in [0.4, 0.5) is 4.39 Å². The van der Waals surface area contributed by atoms with Crippen molar-refractivity contribution in [1.82, 2.24) is 0 Å². The van der Waals surface area contributed by atoms with Crippen molar-refractivity contribution in [2.75, 3.05) is 0 Å². The van der Waals surface area contributed by atoms with Crippen molar-refractivity contribution in [1.29, 1.82) is 0 Å². The van der Waals surface area contributed by atoms with E-state index >= 15 is 0 Å². The van der Waals surface area contributed by atoms with E-state index < -0.39 is 6.10 Å². The van der Waals surface area contributed by atoms with Gasteiger partial charge in [-0.2, -0.15) is 0 Å². The molecule has 2 heterocycles. The molecule has 0 bridgehead atoms. The molecule has 1 unspecified atom stereocenters. The van der Waals surface area contributed by atoms with Gasteiger partial charge in [-0.3, -0.25) is 0 Å². The van der Waals surface area contributed by atoms with Gasteiger partial charge in [0, 0.05) is 10.9 Å². The van der Waals surface area contributed by atoms with E-state index in [0.29, 0.717) is 28.1 Å². The van der Waals surface area contributed by atoms with E-state index in [1.54, 1.807) is 25.1 Å². The van der Waals surface area contributed by atoms with E-state index in [4.69, 9.17) is 8.83 Å². The number of fused-ring (bicyclic) bond motifs is 1. The first-order valence-electron chi connectivity index (χ1n) is 5.56. The molecule has 0 fully saturated rings. The first-order chi connectivity index (χ1) is 8.65. The van der Waals surface area contributed by atoms with Gasteiger partial charge in [-0.25, -0.2) is 4.39 Å². The molecular weight excluding hydrogens is 235 g/mol. The van der Waals surface area contributed by atoms with Crippen LogP contribution in [0.25, 0.3) is 11.0 Å². The van der Waals surface area contributed by atoms with Crippen LogP contribution < -0.4 is 0 Å². The standard InChI is InChI=1S/C14H11FO3/c1-8-11(4-5-17-8)14(16)13-7-9-6-10(15)2-3-12(9)18-13/h2-7,14,16H,1H3. The second kappa shape index (κ2) is 3.99. The summed E-state index contributed by atoms with van der Waals surface area (Å²) in [6.07, 6.45) is 0.607. The fourth-order valence-corrected chi connectivity index (χ4v) is 2.00. The van der Waals surface area contributed by atoms with E-state index in [1.807, 2.05) is 0 Å². The zero-order chi connectivity index (χ0) is 12.7. The number of aryl methyl sites for hydroxylation is 1. The third-order valence-corrected chi connectivity index (χ3v) is 2.96. The molecule has 3 aromatic rings. The molecule has 0 aliphatic rings. The molecule has 0 amide bonds. The monoisotopic (exact) mass is 246 g/mol. The summed E-state index contributed by atoms with van der Waals surface area (Å²) < 4.78 is 23.7. The predicted molar refractivity (Wildman–Crippen MR) is 63.7 cm³/mol. The third-order valence-electron chi connectivity index (χ3n) is 2.96. The Morgan fingerprint density at radius 3 is 2.78 bits per heavy atom. The number of hydrogen-bond acceptors (Lipinski definition) is 3. The van der Waals surface area contributed by atoms with Gasteiger partial charge in [0.1, 0.15) is 29.0 Å². The first-order valence-corrected chi connectivity index (χ1v) is 5.56. The summed E-state index contributed by atoms with van der Waals surface area (Å²) >= 11 is 0. The fourth-order valence-electron chi connectivity index (χ4n) is 2.00. The number of benzene rings is 1. The summed E-state index contributed by atoms with van der Waals surface area (Å²) in [6, 6.07) is 7.56. The maximum absolute atomic E-state index is 13.1. The predicted octanol–water partition coefficient (Wildman–Crippen LogP) is 3.56. The highest BCUT2D eigenvalue weighted by molar-refractivity contribution is 5.78. The average Bonchev–Trinajstić information content (AvgIpc) is 2.93. The van der Waals surface area contributed by atoms with E-state index in [2.05, 4.69) is 0 Å². The van der Waals surface area contributed by atoms with Crippen molar-refractivity contribution in [3.63, 3.8) is 0 Å². The summed E-state index contributed by atoms with van der Waals surface area (Å²) in [7, 11) is 0. The molecular formula is C14H11FO3. The van der Waals surface area contributed by atoms with Crippen molar-refractivity contribution in [3.8, 4) is 0 Å². The smallest absolute Gasteiger partial charge is 0.140 e. The summed E-state index contributed by atoms with van der Waals surface area (Å²) in [6.45, 7) is 1.76. The number of furan rings is 2. The lowest BCUT2D eigenvalue weighted by atomic mass is 10.1. The minimum absolute atomic E-state index is 0.330. The summed E-state index contributed by atoms with van der Waals surface area (Å²) in [5.41, 5.74) is 1.20. The summed E-state index contributed by atoms with van der Waals surface area (Å²) in [4.78, 5) is 0. The van der Waals surface area contributed by atoms with Gasteiger partial charge in [0.15, 0.2) is 0 Å². The van der Waals surface area contributed by atoms with Gasteiger partial charge in [0.2, 0.25) is 0 Å². The molecule has 1 aromatic carbocycles. The zero-order valence-electron chi connectivity index (χ0n) is 9.68. The number of aliphatic hydroxyl groups excluding tert-OH is 1. The van der Waals surface area contributed by atoms with Crippen LogP contribution in [-0.2, 0) is 0 Å². The van der Waals surface area contributed by atoms with E-state index in [-0.39, 0.29) is 5.82 Å². The van der Waals surface area contributed by atoms with Crippen molar-refractivity contribution < 1.29 is 18.3 Å². The SMILES string of the molecule is Cc1occc1C(O)c1cc2cc(F)ccc2o1. The van der Waals surface area contributed by atoms with Crippen LogP contribution in [0.15, 0.2) is 45.4 Å². The molecule has 0 spiro atoms. The highest BCUT2D eigenvalue weighted by Crippen LogP contribution is 2.30. The molecule has 0 saturated carbocycles. The maximum atomic E-state index is 13.1. The third kappa shape index (κ3) is 1.71. The van der Waals surface area contributed by atoms with Crippen LogP contribution in [0, 0.1) is 12.7 Å². The van der Waals surface area contributed by atoms with Crippen LogP contribution >= 0.6 is 0 Å². The Kier molecular flexibility index (Phi) is 2.45. The van der Waals surface area contributed by atoms with E-state index in [9.17, 15) is 9.50 Å². The molecule has 3 rings (SSSR count). The van der Waals surface area contributed by atoms with Gasteiger partial charge < -0.3 is 13.9 Å². The quantitative estimate of drug-likeness (QED) is 0.752. The zero-order valence-corrected chi connectivity index (χ0v) is 9.68. The molecule has 1 atom stereocenters. The lowest BCUT2D eigenvalue weighted by molar-refractivity contribution is 0.190. The molecule has 0 aliphatic heterocycles. The Morgan fingerprint density at radius 1 is 1.22 bits per heavy atom. The Bertz CT molecular complexity index is 696. The van der Waals surface area contributed by atoms with Crippen LogP contribution in [0.1, 0.15) is 23.2 Å². The maximum Gasteiger partial charge on any atom is 0.140 e. The molecule has 18 heavy (non-hydrogen) atoms. The van der Waals surface area contributed by atoms with E-state index in [0.717, 1.165) is 0 Å². The average molecular weight is 246 g/mol. The van der Waals surface area contributed by atoms with Gasteiger partial charge in [-0.15, -0.1) is 0 Å². The molecule has 2 aromatic heterocycles. The molecule has 92 valence electrons. The Hall–Kier alpha value is -2.07. The van der Waals surface area contributed by atoms with Gasteiger partial charge in [-0.1, -0.05) is 0 Å². The fraction of sp³-hybridized carbons (Fsp3) is 0.143. The first kappa shape index (κ1) is 11.0. The molecule has 0 saturated heterocycles. The van der Waals surface area contributed by atoms with Gasteiger partial charge in [0.25, 0.3) is 0 Å². The van der Waals surface area contributed by atoms with E-state index in [1.165, 1.54) is 18.4 Å². The van der Waals surface area contributed by atoms with Crippen molar-refractivity contribution in [2.24, 2.45) is 0 Å².